The van der Waals surface area contributed by atoms with Crippen LogP contribution in [0.25, 0.3) is 0 Å². The van der Waals surface area contributed by atoms with Crippen molar-refractivity contribution in [2.24, 2.45) is 0 Å². The van der Waals surface area contributed by atoms with Gasteiger partial charge in [0, 0.05) is 15.7 Å². The van der Waals surface area contributed by atoms with E-state index in [0.717, 1.165) is 41.1 Å². The molecule has 1 aromatic carbocycles. The molecule has 0 saturated heterocycles. The lowest BCUT2D eigenvalue weighted by molar-refractivity contribution is 0.316. The van der Waals surface area contributed by atoms with Crippen LogP contribution in [0.3, 0.4) is 0 Å². The Kier molecular flexibility index (Phi) is 3.92. The van der Waals surface area contributed by atoms with Crippen LogP contribution in [0.4, 0.5) is 5.69 Å². The van der Waals surface area contributed by atoms with Gasteiger partial charge in [0.25, 0.3) is 0 Å². The number of pyridine rings is 1. The molecule has 1 N–H and O–H groups in total. The molecule has 0 spiro atoms. The van der Waals surface area contributed by atoms with E-state index in [4.69, 9.17) is 4.74 Å². The minimum Gasteiger partial charge on any atom is -0.493 e. The largest absolute Gasteiger partial charge is 0.493 e. The quantitative estimate of drug-likeness (QED) is 0.880. The summed E-state index contributed by atoms with van der Waals surface area (Å²) in [6, 6.07) is 10.6. The van der Waals surface area contributed by atoms with Crippen molar-refractivity contribution in [2.45, 2.75) is 25.8 Å². The molecule has 0 saturated carbocycles. The number of hydrogen-bond acceptors (Lipinski definition) is 3. The van der Waals surface area contributed by atoms with Crippen LogP contribution in [-0.4, -0.2) is 11.6 Å². The topological polar surface area (TPSA) is 34.1 Å². The average molecular weight is 333 g/mol. The Hall–Kier alpha value is -1.55. The summed E-state index contributed by atoms with van der Waals surface area (Å²) in [6.07, 6.45) is 3.99. The van der Waals surface area contributed by atoms with Gasteiger partial charge in [0.1, 0.15) is 5.75 Å². The summed E-state index contributed by atoms with van der Waals surface area (Å²) in [5, 5.41) is 3.57. The van der Waals surface area contributed by atoms with Crippen LogP contribution in [-0.2, 0) is 0 Å². The molecule has 1 unspecified atom stereocenters. The molecular formula is C16H17BrN2O. The van der Waals surface area contributed by atoms with E-state index in [1.165, 1.54) is 5.56 Å². The number of benzene rings is 1. The van der Waals surface area contributed by atoms with Crippen LogP contribution >= 0.6 is 15.9 Å². The van der Waals surface area contributed by atoms with Crippen LogP contribution in [0.15, 0.2) is 41.0 Å². The van der Waals surface area contributed by atoms with Crippen molar-refractivity contribution in [2.75, 3.05) is 11.9 Å². The number of aromatic nitrogens is 1. The van der Waals surface area contributed by atoms with Gasteiger partial charge in [-0.05, 0) is 44.0 Å². The number of nitrogens with one attached hydrogen (secondary N) is 1. The van der Waals surface area contributed by atoms with Gasteiger partial charge >= 0.3 is 0 Å². The number of hydrogen-bond donors (Lipinski definition) is 1. The van der Waals surface area contributed by atoms with Crippen LogP contribution in [0, 0.1) is 6.92 Å². The molecule has 0 bridgehead atoms. The fourth-order valence-corrected chi connectivity index (χ4v) is 2.79. The second-order valence-corrected chi connectivity index (χ2v) is 5.97. The smallest absolute Gasteiger partial charge is 0.125 e. The lowest BCUT2D eigenvalue weighted by Gasteiger charge is -2.19. The number of ether oxygens (including phenoxy) is 1. The molecular weight excluding hydrogens is 316 g/mol. The molecule has 1 aromatic heterocycles. The van der Waals surface area contributed by atoms with Crippen LogP contribution in [0.1, 0.15) is 30.1 Å². The highest BCUT2D eigenvalue weighted by molar-refractivity contribution is 9.10. The molecule has 0 amide bonds. The SMILES string of the molecule is Cc1ccc(NC2CCCOc3cc(Br)ccc32)cn1. The Bertz CT molecular complexity index is 598. The van der Waals surface area contributed by atoms with Gasteiger partial charge in [-0.2, -0.15) is 0 Å². The molecule has 3 nitrogen and oxygen atoms in total. The third kappa shape index (κ3) is 2.96. The molecule has 0 radical (unpaired) electrons. The second kappa shape index (κ2) is 5.83. The Morgan fingerprint density at radius 3 is 3.00 bits per heavy atom. The molecule has 1 aliphatic heterocycles. The molecule has 0 aliphatic carbocycles. The summed E-state index contributed by atoms with van der Waals surface area (Å²) < 4.78 is 6.88. The second-order valence-electron chi connectivity index (χ2n) is 5.06. The third-order valence-corrected chi connectivity index (χ3v) is 3.99. The first kappa shape index (κ1) is 13.4. The summed E-state index contributed by atoms with van der Waals surface area (Å²) in [5.41, 5.74) is 3.30. The van der Waals surface area contributed by atoms with E-state index >= 15 is 0 Å². The molecule has 1 atom stereocenters. The van der Waals surface area contributed by atoms with Crippen molar-refractivity contribution in [3.63, 3.8) is 0 Å². The summed E-state index contributed by atoms with van der Waals surface area (Å²) in [4.78, 5) is 4.34. The molecule has 104 valence electrons. The highest BCUT2D eigenvalue weighted by atomic mass is 79.9. The lowest BCUT2D eigenvalue weighted by atomic mass is 10.0. The highest BCUT2D eigenvalue weighted by Crippen LogP contribution is 2.35. The van der Waals surface area contributed by atoms with Gasteiger partial charge < -0.3 is 10.1 Å². The number of aryl methyl sites for hydroxylation is 1. The molecule has 3 rings (SSSR count). The Labute approximate surface area is 127 Å². The Morgan fingerprint density at radius 1 is 1.30 bits per heavy atom. The first-order valence-corrected chi connectivity index (χ1v) is 7.63. The van der Waals surface area contributed by atoms with Crippen molar-refractivity contribution in [1.29, 1.82) is 0 Å². The maximum atomic E-state index is 5.83. The number of nitrogens with zero attached hydrogens (tertiary/aromatic N) is 1. The van der Waals surface area contributed by atoms with E-state index in [0.29, 0.717) is 0 Å². The number of fused-ring (bicyclic) bond motifs is 1. The summed E-state index contributed by atoms with van der Waals surface area (Å²) in [7, 11) is 0. The summed E-state index contributed by atoms with van der Waals surface area (Å²) in [6.45, 7) is 2.77. The zero-order valence-electron chi connectivity index (χ0n) is 11.4. The van der Waals surface area contributed by atoms with Gasteiger partial charge in [0.05, 0.1) is 24.5 Å². The van der Waals surface area contributed by atoms with Gasteiger partial charge in [-0.15, -0.1) is 0 Å². The molecule has 20 heavy (non-hydrogen) atoms. The molecule has 0 fully saturated rings. The van der Waals surface area contributed by atoms with Crippen LogP contribution in [0.2, 0.25) is 0 Å². The van der Waals surface area contributed by atoms with Crippen LogP contribution < -0.4 is 10.1 Å². The maximum Gasteiger partial charge on any atom is 0.125 e. The van der Waals surface area contributed by atoms with Gasteiger partial charge in [0.15, 0.2) is 0 Å². The monoisotopic (exact) mass is 332 g/mol. The first-order valence-electron chi connectivity index (χ1n) is 6.84. The number of rotatable bonds is 2. The first-order chi connectivity index (χ1) is 9.72. The Morgan fingerprint density at radius 2 is 2.20 bits per heavy atom. The number of anilines is 1. The predicted octanol–water partition coefficient (Wildman–Crippen LogP) is 4.48. The van der Waals surface area contributed by atoms with E-state index in [1.54, 1.807) is 0 Å². The van der Waals surface area contributed by atoms with Crippen molar-refractivity contribution < 1.29 is 4.74 Å². The minimum atomic E-state index is 0.269. The van der Waals surface area contributed by atoms with Crippen molar-refractivity contribution >= 4 is 21.6 Å². The summed E-state index contributed by atoms with van der Waals surface area (Å²) in [5.74, 6) is 0.967. The van der Waals surface area contributed by atoms with E-state index in [9.17, 15) is 0 Å². The fraction of sp³-hybridized carbons (Fsp3) is 0.312. The Balaban J connectivity index is 1.88. The summed E-state index contributed by atoms with van der Waals surface area (Å²) >= 11 is 3.50. The zero-order valence-corrected chi connectivity index (χ0v) is 13.0. The molecule has 2 aromatic rings. The number of halogens is 1. The van der Waals surface area contributed by atoms with E-state index < -0.39 is 0 Å². The van der Waals surface area contributed by atoms with Crippen molar-refractivity contribution in [3.05, 3.63) is 52.3 Å². The zero-order chi connectivity index (χ0) is 13.9. The molecule has 4 heteroatoms. The van der Waals surface area contributed by atoms with Gasteiger partial charge in [0.2, 0.25) is 0 Å². The predicted molar refractivity (Wildman–Crippen MR) is 84.2 cm³/mol. The van der Waals surface area contributed by atoms with Gasteiger partial charge in [-0.25, -0.2) is 0 Å². The van der Waals surface area contributed by atoms with Gasteiger partial charge in [-0.1, -0.05) is 22.0 Å². The van der Waals surface area contributed by atoms with Gasteiger partial charge in [-0.3, -0.25) is 4.98 Å². The molecule has 2 heterocycles. The maximum absolute atomic E-state index is 5.83. The highest BCUT2D eigenvalue weighted by Gasteiger charge is 2.19. The standard InChI is InChI=1S/C16H17BrN2O/c1-11-4-6-13(10-18-11)19-15-3-2-8-20-16-9-12(17)5-7-14(15)16/h4-7,9-10,15,19H,2-3,8H2,1H3. The average Bonchev–Trinajstić information content (AvgIpc) is 2.63. The normalized spacial score (nSPS) is 17.8. The van der Waals surface area contributed by atoms with Crippen molar-refractivity contribution in [3.8, 4) is 5.75 Å². The third-order valence-electron chi connectivity index (χ3n) is 3.50. The minimum absolute atomic E-state index is 0.269. The van der Waals surface area contributed by atoms with E-state index in [2.05, 4.69) is 44.4 Å². The van der Waals surface area contributed by atoms with E-state index in [-0.39, 0.29) is 6.04 Å². The molecule has 1 aliphatic rings. The van der Waals surface area contributed by atoms with Crippen molar-refractivity contribution in [1.82, 2.24) is 4.98 Å². The fourth-order valence-electron chi connectivity index (χ4n) is 2.45. The lowest BCUT2D eigenvalue weighted by Crippen LogP contribution is -2.10. The van der Waals surface area contributed by atoms with E-state index in [1.807, 2.05) is 25.3 Å². The van der Waals surface area contributed by atoms with Crippen LogP contribution in [0.5, 0.6) is 5.75 Å².